The maximum atomic E-state index is 14.0. The fraction of sp³-hybridized carbons (Fsp3) is 0.622. The van der Waals surface area contributed by atoms with Gasteiger partial charge in [-0.05, 0) is 50.1 Å². The second kappa shape index (κ2) is 18.6. The molecule has 3 amide bonds. The van der Waals surface area contributed by atoms with Crippen molar-refractivity contribution < 1.29 is 38.2 Å². The van der Waals surface area contributed by atoms with E-state index in [2.05, 4.69) is 15.6 Å². The number of hydrogen-bond acceptors (Lipinski definition) is 11. The number of ether oxygens (including phenoxy) is 3. The highest BCUT2D eigenvalue weighted by Crippen LogP contribution is 2.35. The molecular formula is C37H53N5O8S. The number of methoxy groups -OCH3 is 1. The topological polar surface area (TPSA) is 156 Å². The molecule has 280 valence electrons. The number of amides is 3. The SMILES string of the molecule is COC(=O)[C@@H](C)C[C@H](Cc1ccccc1)NC(=O)c1csc([C@@H](C[C@H](C(C)C)N(C)C(=O)[C@@H](NC(=O)[C@H]2COCCN2C)C2CC2)OC(C)=O)n1. The van der Waals surface area contributed by atoms with Crippen LogP contribution in [-0.4, -0.2) is 110 Å². The largest absolute Gasteiger partial charge is 0.469 e. The first-order chi connectivity index (χ1) is 24.3. The zero-order chi connectivity index (χ0) is 37.2. The van der Waals surface area contributed by atoms with E-state index < -0.39 is 36.0 Å². The number of nitrogens with one attached hydrogen (secondary N) is 2. The van der Waals surface area contributed by atoms with E-state index >= 15 is 0 Å². The second-order valence-corrected chi connectivity index (χ2v) is 15.0. The van der Waals surface area contributed by atoms with E-state index in [0.717, 1.165) is 18.4 Å². The Morgan fingerprint density at radius 2 is 1.78 bits per heavy atom. The van der Waals surface area contributed by atoms with Crippen molar-refractivity contribution in [2.24, 2.45) is 17.8 Å². The van der Waals surface area contributed by atoms with Gasteiger partial charge in [-0.2, -0.15) is 0 Å². The van der Waals surface area contributed by atoms with Gasteiger partial charge in [0.25, 0.3) is 5.91 Å². The first-order valence-electron chi connectivity index (χ1n) is 17.7. The van der Waals surface area contributed by atoms with Crippen molar-refractivity contribution in [2.45, 2.75) is 90.1 Å². The molecule has 1 aromatic carbocycles. The van der Waals surface area contributed by atoms with Crippen LogP contribution in [0.25, 0.3) is 0 Å². The Balaban J connectivity index is 1.49. The van der Waals surface area contributed by atoms with Crippen molar-refractivity contribution >= 4 is 41.0 Å². The van der Waals surface area contributed by atoms with Crippen molar-refractivity contribution in [3.63, 3.8) is 0 Å². The Morgan fingerprint density at radius 3 is 2.39 bits per heavy atom. The van der Waals surface area contributed by atoms with Crippen LogP contribution in [0.3, 0.4) is 0 Å². The summed E-state index contributed by atoms with van der Waals surface area (Å²) in [4.78, 5) is 73.6. The third-order valence-electron chi connectivity index (χ3n) is 9.67. The molecule has 1 aliphatic heterocycles. The summed E-state index contributed by atoms with van der Waals surface area (Å²) in [5.74, 6) is -2.14. The van der Waals surface area contributed by atoms with Crippen molar-refractivity contribution in [3.8, 4) is 0 Å². The Kier molecular flexibility index (Phi) is 14.5. The zero-order valence-corrected chi connectivity index (χ0v) is 31.6. The maximum absolute atomic E-state index is 14.0. The van der Waals surface area contributed by atoms with Crippen molar-refractivity contribution in [1.29, 1.82) is 0 Å². The lowest BCUT2D eigenvalue weighted by Gasteiger charge is -2.37. The van der Waals surface area contributed by atoms with Gasteiger partial charge < -0.3 is 29.7 Å². The quantitative estimate of drug-likeness (QED) is 0.232. The number of carbonyl (C=O) groups is 5. The van der Waals surface area contributed by atoms with E-state index in [0.29, 0.717) is 31.0 Å². The summed E-state index contributed by atoms with van der Waals surface area (Å²) >= 11 is 1.20. The Hall–Kier alpha value is -3.88. The van der Waals surface area contributed by atoms with Gasteiger partial charge in [-0.15, -0.1) is 11.3 Å². The van der Waals surface area contributed by atoms with E-state index in [1.54, 1.807) is 24.3 Å². The number of carbonyl (C=O) groups excluding carboxylic acids is 5. The highest BCUT2D eigenvalue weighted by atomic mass is 32.1. The lowest BCUT2D eigenvalue weighted by atomic mass is 9.95. The summed E-state index contributed by atoms with van der Waals surface area (Å²) in [6, 6.07) is 7.79. The fourth-order valence-corrected chi connectivity index (χ4v) is 7.36. The van der Waals surface area contributed by atoms with Crippen molar-refractivity contribution in [2.75, 3.05) is 41.0 Å². The predicted molar refractivity (Wildman–Crippen MR) is 192 cm³/mol. The van der Waals surface area contributed by atoms with Gasteiger partial charge in [0.15, 0.2) is 6.10 Å². The van der Waals surface area contributed by atoms with E-state index in [1.165, 1.54) is 25.4 Å². The minimum absolute atomic E-state index is 0.0382. The first-order valence-corrected chi connectivity index (χ1v) is 18.6. The first kappa shape index (κ1) is 39.9. The highest BCUT2D eigenvalue weighted by molar-refractivity contribution is 7.09. The second-order valence-electron chi connectivity index (χ2n) is 14.1. The molecule has 1 aromatic heterocycles. The average Bonchev–Trinajstić information content (AvgIpc) is 3.82. The molecule has 1 aliphatic carbocycles. The lowest BCUT2D eigenvalue weighted by molar-refractivity contribution is -0.149. The molecular weight excluding hydrogens is 675 g/mol. The summed E-state index contributed by atoms with van der Waals surface area (Å²) < 4.78 is 16.2. The molecule has 1 saturated carbocycles. The molecule has 0 bridgehead atoms. The molecule has 4 rings (SSSR count). The fourth-order valence-electron chi connectivity index (χ4n) is 6.52. The molecule has 2 heterocycles. The van der Waals surface area contributed by atoms with Crippen LogP contribution < -0.4 is 10.6 Å². The molecule has 51 heavy (non-hydrogen) atoms. The normalized spacial score (nSPS) is 19.3. The summed E-state index contributed by atoms with van der Waals surface area (Å²) in [6.07, 6.45) is 1.99. The molecule has 6 atom stereocenters. The van der Waals surface area contributed by atoms with Crippen molar-refractivity contribution in [1.82, 2.24) is 25.4 Å². The van der Waals surface area contributed by atoms with Crippen LogP contribution in [-0.2, 0) is 39.8 Å². The number of aromatic nitrogens is 1. The molecule has 1 saturated heterocycles. The number of likely N-dealkylation sites (N-methyl/N-ethyl adjacent to an activating group) is 2. The number of benzene rings is 1. The van der Waals surface area contributed by atoms with Gasteiger partial charge in [-0.3, -0.25) is 28.9 Å². The van der Waals surface area contributed by atoms with E-state index in [1.807, 2.05) is 56.1 Å². The Bertz CT molecular complexity index is 1500. The van der Waals surface area contributed by atoms with Gasteiger partial charge in [0.05, 0.1) is 26.2 Å². The van der Waals surface area contributed by atoms with Gasteiger partial charge in [0, 0.05) is 44.4 Å². The minimum atomic E-state index is -0.821. The molecule has 0 spiro atoms. The summed E-state index contributed by atoms with van der Waals surface area (Å²) in [5.41, 5.74) is 1.17. The Morgan fingerprint density at radius 1 is 1.08 bits per heavy atom. The standard InChI is InChI=1S/C37H53N5O8S/c1-22(2)29(42(6)36(46)32(26-13-14-26)40-34(45)30-20-49-16-15-41(30)5)19-31(50-24(4)43)35-39-28(21-51-35)33(44)38-27(17-23(3)37(47)48-7)18-25-11-9-8-10-12-25/h8-12,21-23,26-27,29-32H,13-20H2,1-7H3,(H,38,44)(H,40,45)/t23-,27+,29+,30+,31+,32-/m0/s1. The molecule has 2 aliphatic rings. The summed E-state index contributed by atoms with van der Waals surface area (Å²) in [7, 11) is 4.94. The predicted octanol–water partition coefficient (Wildman–Crippen LogP) is 3.39. The maximum Gasteiger partial charge on any atom is 0.308 e. The van der Waals surface area contributed by atoms with E-state index in [9.17, 15) is 24.0 Å². The third-order valence-corrected chi connectivity index (χ3v) is 10.6. The van der Waals surface area contributed by atoms with Crippen LogP contribution >= 0.6 is 11.3 Å². The minimum Gasteiger partial charge on any atom is -0.469 e. The van der Waals surface area contributed by atoms with Crippen LogP contribution in [0.5, 0.6) is 0 Å². The Labute approximate surface area is 304 Å². The number of morpholine rings is 1. The summed E-state index contributed by atoms with van der Waals surface area (Å²) in [6.45, 7) is 8.52. The van der Waals surface area contributed by atoms with Crippen LogP contribution in [0.1, 0.15) is 80.5 Å². The van der Waals surface area contributed by atoms with Crippen molar-refractivity contribution in [3.05, 3.63) is 52.0 Å². The summed E-state index contributed by atoms with van der Waals surface area (Å²) in [5, 5.41) is 8.11. The van der Waals surface area contributed by atoms with Gasteiger partial charge >= 0.3 is 11.9 Å². The molecule has 0 radical (unpaired) electrons. The van der Waals surface area contributed by atoms with Crippen LogP contribution in [0.15, 0.2) is 35.7 Å². The third kappa shape index (κ3) is 11.3. The number of esters is 2. The lowest BCUT2D eigenvalue weighted by Crippen LogP contribution is -2.58. The number of hydrogen-bond donors (Lipinski definition) is 2. The van der Waals surface area contributed by atoms with Gasteiger partial charge in [-0.25, -0.2) is 4.98 Å². The molecule has 2 N–H and O–H groups in total. The zero-order valence-electron chi connectivity index (χ0n) is 30.8. The smallest absolute Gasteiger partial charge is 0.308 e. The van der Waals surface area contributed by atoms with Crippen LogP contribution in [0.4, 0.5) is 0 Å². The number of rotatable bonds is 17. The monoisotopic (exact) mass is 727 g/mol. The molecule has 0 unspecified atom stereocenters. The van der Waals surface area contributed by atoms with Gasteiger partial charge in [0.1, 0.15) is 22.8 Å². The number of nitrogens with zero attached hydrogens (tertiary/aromatic N) is 3. The van der Waals surface area contributed by atoms with Gasteiger partial charge in [-0.1, -0.05) is 51.1 Å². The molecule has 2 fully saturated rings. The average molecular weight is 728 g/mol. The van der Waals surface area contributed by atoms with E-state index in [-0.39, 0.29) is 60.4 Å². The highest BCUT2D eigenvalue weighted by Gasteiger charge is 2.42. The molecule has 14 heteroatoms. The molecule has 2 aromatic rings. The number of thiazole rings is 1. The molecule has 13 nitrogen and oxygen atoms in total. The van der Waals surface area contributed by atoms with Crippen LogP contribution in [0.2, 0.25) is 0 Å². The van der Waals surface area contributed by atoms with Crippen LogP contribution in [0, 0.1) is 17.8 Å². The van der Waals surface area contributed by atoms with Gasteiger partial charge in [0.2, 0.25) is 11.8 Å². The van der Waals surface area contributed by atoms with E-state index in [4.69, 9.17) is 14.2 Å².